The summed E-state index contributed by atoms with van der Waals surface area (Å²) in [4.78, 5) is 20.5. The van der Waals surface area contributed by atoms with Gasteiger partial charge in [0.25, 0.3) is 0 Å². The molecule has 0 aromatic heterocycles. The first-order valence-electron chi connectivity index (χ1n) is 12.3. The first kappa shape index (κ1) is 23.0. The van der Waals surface area contributed by atoms with Gasteiger partial charge < -0.3 is 14.8 Å². The Balaban J connectivity index is 1.29. The Morgan fingerprint density at radius 2 is 1.49 bits per heavy atom. The van der Waals surface area contributed by atoms with Crippen molar-refractivity contribution in [3.8, 4) is 11.5 Å². The second-order valence-corrected chi connectivity index (χ2v) is 9.40. The smallest absolute Gasteiger partial charge is 0.238 e. The van der Waals surface area contributed by atoms with Crippen LogP contribution in [0.1, 0.15) is 28.2 Å². The van der Waals surface area contributed by atoms with Gasteiger partial charge in [0.15, 0.2) is 11.5 Å². The van der Waals surface area contributed by atoms with Gasteiger partial charge in [-0.05, 0) is 47.5 Å². The summed E-state index contributed by atoms with van der Waals surface area (Å²) in [6.07, 6.45) is 0. The van der Waals surface area contributed by atoms with Gasteiger partial charge in [0.2, 0.25) is 12.7 Å². The van der Waals surface area contributed by atoms with Gasteiger partial charge in [0.05, 0.1) is 11.4 Å². The summed E-state index contributed by atoms with van der Waals surface area (Å²) in [5.41, 5.74) is 6.47. The van der Waals surface area contributed by atoms with Crippen LogP contribution in [0.3, 0.4) is 0 Å². The fourth-order valence-electron chi connectivity index (χ4n) is 4.90. The third kappa shape index (κ3) is 4.84. The summed E-state index contributed by atoms with van der Waals surface area (Å²) in [7, 11) is 2.12. The second kappa shape index (κ2) is 9.91. The van der Waals surface area contributed by atoms with Crippen molar-refractivity contribution in [2.45, 2.75) is 19.0 Å². The lowest BCUT2D eigenvalue weighted by atomic mass is 9.90. The first-order valence-corrected chi connectivity index (χ1v) is 12.3. The molecule has 2 aliphatic rings. The van der Waals surface area contributed by atoms with Crippen LogP contribution >= 0.6 is 0 Å². The number of rotatable bonds is 7. The summed E-state index contributed by atoms with van der Waals surface area (Å²) in [5.74, 6) is 0.631. The average molecular weight is 490 g/mol. The number of amides is 1. The molecule has 1 atom stereocenters. The van der Waals surface area contributed by atoms with E-state index in [4.69, 9.17) is 14.5 Å². The summed E-state index contributed by atoms with van der Waals surface area (Å²) < 4.78 is 11.1. The zero-order valence-corrected chi connectivity index (χ0v) is 20.6. The maximum absolute atomic E-state index is 13.2. The van der Waals surface area contributed by atoms with Crippen LogP contribution in [0.15, 0.2) is 102 Å². The predicted molar refractivity (Wildman–Crippen MR) is 145 cm³/mol. The molecule has 37 heavy (non-hydrogen) atoms. The molecule has 2 aliphatic heterocycles. The zero-order chi connectivity index (χ0) is 25.2. The Morgan fingerprint density at radius 1 is 0.865 bits per heavy atom. The van der Waals surface area contributed by atoms with Crippen LogP contribution in [0.5, 0.6) is 11.5 Å². The van der Waals surface area contributed by atoms with E-state index in [2.05, 4.69) is 53.7 Å². The summed E-state index contributed by atoms with van der Waals surface area (Å²) in [5, 5.41) is 3.00. The van der Waals surface area contributed by atoms with Crippen LogP contribution in [0, 0.1) is 0 Å². The van der Waals surface area contributed by atoms with Gasteiger partial charge in [0.1, 0.15) is 5.92 Å². The Kier molecular flexibility index (Phi) is 6.16. The molecule has 6 rings (SSSR count). The molecule has 0 spiro atoms. The van der Waals surface area contributed by atoms with Crippen LogP contribution in [-0.2, 0) is 17.9 Å². The van der Waals surface area contributed by atoms with E-state index in [1.165, 1.54) is 11.1 Å². The minimum absolute atomic E-state index is 0.111. The maximum atomic E-state index is 13.2. The van der Waals surface area contributed by atoms with Gasteiger partial charge >= 0.3 is 0 Å². The van der Waals surface area contributed by atoms with Crippen molar-refractivity contribution in [1.29, 1.82) is 0 Å². The van der Waals surface area contributed by atoms with E-state index < -0.39 is 5.92 Å². The largest absolute Gasteiger partial charge is 0.454 e. The van der Waals surface area contributed by atoms with E-state index in [9.17, 15) is 4.79 Å². The lowest BCUT2D eigenvalue weighted by molar-refractivity contribution is -0.115. The molecule has 6 heteroatoms. The van der Waals surface area contributed by atoms with E-state index in [1.54, 1.807) is 0 Å². The Bertz CT molecular complexity index is 1450. The van der Waals surface area contributed by atoms with E-state index in [0.717, 1.165) is 35.6 Å². The van der Waals surface area contributed by atoms with Crippen LogP contribution in [0.25, 0.3) is 0 Å². The van der Waals surface area contributed by atoms with Gasteiger partial charge in [-0.1, -0.05) is 72.8 Å². The zero-order valence-electron chi connectivity index (χ0n) is 20.6. The second-order valence-electron chi connectivity index (χ2n) is 9.40. The molecular weight excluding hydrogens is 462 g/mol. The van der Waals surface area contributed by atoms with Crippen molar-refractivity contribution < 1.29 is 14.3 Å². The lowest BCUT2D eigenvalue weighted by Crippen LogP contribution is -2.22. The molecule has 0 saturated carbocycles. The van der Waals surface area contributed by atoms with Crippen molar-refractivity contribution in [1.82, 2.24) is 4.90 Å². The Hall–Kier alpha value is -4.42. The number of ether oxygens (including phenoxy) is 2. The van der Waals surface area contributed by atoms with E-state index in [1.807, 2.05) is 60.7 Å². The Labute approximate surface area is 216 Å². The molecule has 6 nitrogen and oxygen atoms in total. The van der Waals surface area contributed by atoms with E-state index >= 15 is 0 Å². The SMILES string of the molecule is CN(Cc1ccccc1)Cc1ccc(N=C(c2ccccc2)C2C(=O)Nc3cc4c(cc32)OCO4)cc1. The topological polar surface area (TPSA) is 63.2 Å². The molecule has 4 aromatic carbocycles. The van der Waals surface area contributed by atoms with Gasteiger partial charge in [0, 0.05) is 24.8 Å². The minimum atomic E-state index is -0.552. The number of anilines is 1. The number of fused-ring (bicyclic) bond motifs is 2. The molecule has 0 saturated heterocycles. The van der Waals surface area contributed by atoms with Gasteiger partial charge in [-0.25, -0.2) is 0 Å². The number of hydrogen-bond donors (Lipinski definition) is 1. The number of aliphatic imine (C=N–C) groups is 1. The molecule has 184 valence electrons. The number of hydrogen-bond acceptors (Lipinski definition) is 5. The number of nitrogens with zero attached hydrogens (tertiary/aromatic N) is 2. The minimum Gasteiger partial charge on any atom is -0.454 e. The highest BCUT2D eigenvalue weighted by Gasteiger charge is 2.37. The summed E-state index contributed by atoms with van der Waals surface area (Å²) in [6, 6.07) is 32.3. The quantitative estimate of drug-likeness (QED) is 0.328. The third-order valence-electron chi connectivity index (χ3n) is 6.65. The monoisotopic (exact) mass is 489 g/mol. The Morgan fingerprint density at radius 3 is 2.19 bits per heavy atom. The van der Waals surface area contributed by atoms with Crippen molar-refractivity contribution in [3.63, 3.8) is 0 Å². The molecular formula is C31H27N3O3. The van der Waals surface area contributed by atoms with Crippen LogP contribution in [-0.4, -0.2) is 30.4 Å². The van der Waals surface area contributed by atoms with Crippen LogP contribution in [0.4, 0.5) is 11.4 Å². The standard InChI is InChI=1S/C31H27N3O3/c1-34(18-21-8-4-2-5-9-21)19-22-12-14-24(15-13-22)32-30(23-10-6-3-7-11-23)29-25-16-27-28(37-20-36-27)17-26(25)33-31(29)35/h2-17,29H,18-20H2,1H3,(H,33,35). The van der Waals surface area contributed by atoms with Crippen molar-refractivity contribution in [2.75, 3.05) is 19.2 Å². The van der Waals surface area contributed by atoms with Crippen LogP contribution in [0.2, 0.25) is 0 Å². The lowest BCUT2D eigenvalue weighted by Gasteiger charge is -2.17. The molecule has 1 N–H and O–H groups in total. The van der Waals surface area contributed by atoms with Gasteiger partial charge in [-0.15, -0.1) is 0 Å². The fraction of sp³-hybridized carbons (Fsp3) is 0.161. The summed E-state index contributed by atoms with van der Waals surface area (Å²) >= 11 is 0. The molecule has 1 amide bonds. The molecule has 0 aliphatic carbocycles. The molecule has 4 aromatic rings. The molecule has 0 bridgehead atoms. The highest BCUT2D eigenvalue weighted by atomic mass is 16.7. The molecule has 0 fully saturated rings. The normalized spacial score (nSPS) is 16.1. The molecule has 2 heterocycles. The van der Waals surface area contributed by atoms with Crippen molar-refractivity contribution in [2.24, 2.45) is 4.99 Å². The maximum Gasteiger partial charge on any atom is 0.238 e. The van der Waals surface area contributed by atoms with Gasteiger partial charge in [-0.2, -0.15) is 0 Å². The highest BCUT2D eigenvalue weighted by molar-refractivity contribution is 6.24. The van der Waals surface area contributed by atoms with Gasteiger partial charge in [-0.3, -0.25) is 14.7 Å². The van der Waals surface area contributed by atoms with E-state index in [-0.39, 0.29) is 12.7 Å². The van der Waals surface area contributed by atoms with E-state index in [0.29, 0.717) is 17.2 Å². The highest BCUT2D eigenvalue weighted by Crippen LogP contribution is 2.44. The van der Waals surface area contributed by atoms with Crippen molar-refractivity contribution >= 4 is 23.0 Å². The average Bonchev–Trinajstić information content (AvgIpc) is 3.50. The fourth-order valence-corrected chi connectivity index (χ4v) is 4.90. The third-order valence-corrected chi connectivity index (χ3v) is 6.65. The summed E-state index contributed by atoms with van der Waals surface area (Å²) in [6.45, 7) is 1.90. The van der Waals surface area contributed by atoms with Crippen molar-refractivity contribution in [3.05, 3.63) is 119 Å². The molecule has 1 unspecified atom stereocenters. The van der Waals surface area contributed by atoms with Crippen LogP contribution < -0.4 is 14.8 Å². The number of carbonyl (C=O) groups excluding carboxylic acids is 1. The number of benzene rings is 4. The number of carbonyl (C=O) groups is 1. The predicted octanol–water partition coefficient (Wildman–Crippen LogP) is 5.90. The first-order chi connectivity index (χ1) is 18.1. The molecule has 0 radical (unpaired) electrons. The number of nitrogens with one attached hydrogen (secondary N) is 1.